The SMILES string of the molecule is CC(C)OPc1ccccc1. The monoisotopic (exact) mass is 168 g/mol. The maximum atomic E-state index is 5.46. The highest BCUT2D eigenvalue weighted by Gasteiger charge is 1.93. The maximum absolute atomic E-state index is 5.46. The molecule has 0 heterocycles. The van der Waals surface area contributed by atoms with Gasteiger partial charge in [0, 0.05) is 8.81 Å². The van der Waals surface area contributed by atoms with E-state index in [4.69, 9.17) is 4.52 Å². The molecule has 1 atom stereocenters. The average Bonchev–Trinajstić information content (AvgIpc) is 2.03. The van der Waals surface area contributed by atoms with Crippen LogP contribution >= 0.6 is 8.81 Å². The predicted molar refractivity (Wildman–Crippen MR) is 50.6 cm³/mol. The lowest BCUT2D eigenvalue weighted by molar-refractivity contribution is 0.282. The minimum absolute atomic E-state index is 0.327. The normalized spacial score (nSPS) is 11.5. The Morgan fingerprint density at radius 3 is 2.36 bits per heavy atom. The predicted octanol–water partition coefficient (Wildman–Crippen LogP) is 2.33. The Morgan fingerprint density at radius 2 is 1.82 bits per heavy atom. The van der Waals surface area contributed by atoms with E-state index in [1.54, 1.807) is 0 Å². The zero-order valence-electron chi connectivity index (χ0n) is 6.87. The molecule has 0 radical (unpaired) electrons. The van der Waals surface area contributed by atoms with E-state index in [9.17, 15) is 0 Å². The molecule has 0 aliphatic carbocycles. The van der Waals surface area contributed by atoms with Gasteiger partial charge in [0.25, 0.3) is 0 Å². The van der Waals surface area contributed by atoms with Crippen LogP contribution < -0.4 is 5.30 Å². The molecule has 1 aromatic carbocycles. The fourth-order valence-electron chi connectivity index (χ4n) is 0.692. The van der Waals surface area contributed by atoms with Gasteiger partial charge in [-0.25, -0.2) is 0 Å². The molecule has 0 saturated carbocycles. The lowest BCUT2D eigenvalue weighted by Gasteiger charge is -2.05. The van der Waals surface area contributed by atoms with Gasteiger partial charge in [0.2, 0.25) is 0 Å². The maximum Gasteiger partial charge on any atom is 0.0562 e. The van der Waals surface area contributed by atoms with E-state index >= 15 is 0 Å². The Kier molecular flexibility index (Phi) is 3.55. The molecule has 0 fully saturated rings. The molecule has 2 heteroatoms. The minimum atomic E-state index is 0.327. The van der Waals surface area contributed by atoms with Gasteiger partial charge in [-0.05, 0) is 19.2 Å². The van der Waals surface area contributed by atoms with Crippen LogP contribution in [0.4, 0.5) is 0 Å². The first-order valence-electron chi connectivity index (χ1n) is 3.76. The topological polar surface area (TPSA) is 9.23 Å². The number of hydrogen-bond donors (Lipinski definition) is 0. The van der Waals surface area contributed by atoms with Crippen LogP contribution in [0.2, 0.25) is 0 Å². The van der Waals surface area contributed by atoms with Gasteiger partial charge in [-0.1, -0.05) is 30.3 Å². The lowest BCUT2D eigenvalue weighted by atomic mass is 10.4. The van der Waals surface area contributed by atoms with Crippen molar-refractivity contribution in [3.8, 4) is 0 Å². The van der Waals surface area contributed by atoms with Crippen LogP contribution in [0, 0.1) is 0 Å². The second kappa shape index (κ2) is 4.48. The van der Waals surface area contributed by atoms with Crippen molar-refractivity contribution >= 4 is 14.1 Å². The van der Waals surface area contributed by atoms with Gasteiger partial charge in [0.1, 0.15) is 0 Å². The second-order valence-corrected chi connectivity index (χ2v) is 3.65. The molecule has 1 rings (SSSR count). The Hall–Kier alpha value is -0.390. The van der Waals surface area contributed by atoms with Crippen molar-refractivity contribution in [2.45, 2.75) is 20.0 Å². The molecule has 0 aliphatic rings. The van der Waals surface area contributed by atoms with Crippen LogP contribution in [0.25, 0.3) is 0 Å². The summed E-state index contributed by atoms with van der Waals surface area (Å²) >= 11 is 0. The highest BCUT2D eigenvalue weighted by atomic mass is 31.1. The highest BCUT2D eigenvalue weighted by Crippen LogP contribution is 2.13. The van der Waals surface area contributed by atoms with Crippen molar-refractivity contribution < 1.29 is 4.52 Å². The third-order valence-electron chi connectivity index (χ3n) is 1.19. The van der Waals surface area contributed by atoms with Crippen molar-refractivity contribution in [3.05, 3.63) is 30.3 Å². The Labute approximate surface area is 69.6 Å². The summed E-state index contributed by atoms with van der Waals surface area (Å²) in [6.07, 6.45) is 0.327. The molecule has 11 heavy (non-hydrogen) atoms. The zero-order valence-corrected chi connectivity index (χ0v) is 7.87. The number of benzene rings is 1. The summed E-state index contributed by atoms with van der Waals surface area (Å²) in [6.45, 7) is 4.10. The number of hydrogen-bond acceptors (Lipinski definition) is 1. The molecule has 0 spiro atoms. The van der Waals surface area contributed by atoms with E-state index in [0.717, 1.165) is 0 Å². The molecule has 1 unspecified atom stereocenters. The third-order valence-corrected chi connectivity index (χ3v) is 2.34. The second-order valence-electron chi connectivity index (χ2n) is 2.63. The third kappa shape index (κ3) is 3.50. The molecular formula is C9H13OP. The first-order chi connectivity index (χ1) is 5.29. The van der Waals surface area contributed by atoms with Crippen LogP contribution in [0.5, 0.6) is 0 Å². The highest BCUT2D eigenvalue weighted by molar-refractivity contribution is 7.41. The fourth-order valence-corrected chi connectivity index (χ4v) is 1.39. The molecule has 60 valence electrons. The van der Waals surface area contributed by atoms with E-state index in [0.29, 0.717) is 14.9 Å². The van der Waals surface area contributed by atoms with Crippen molar-refractivity contribution in [2.75, 3.05) is 0 Å². The van der Waals surface area contributed by atoms with Crippen molar-refractivity contribution in [3.63, 3.8) is 0 Å². The molecule has 1 nitrogen and oxygen atoms in total. The summed E-state index contributed by atoms with van der Waals surface area (Å²) in [5.74, 6) is 0. The van der Waals surface area contributed by atoms with Crippen LogP contribution in [0.15, 0.2) is 30.3 Å². The van der Waals surface area contributed by atoms with Gasteiger partial charge in [0.05, 0.1) is 6.10 Å². The van der Waals surface area contributed by atoms with E-state index < -0.39 is 0 Å². The molecule has 0 aliphatic heterocycles. The summed E-state index contributed by atoms with van der Waals surface area (Å²) in [5.41, 5.74) is 0. The van der Waals surface area contributed by atoms with Gasteiger partial charge < -0.3 is 4.52 Å². The summed E-state index contributed by atoms with van der Waals surface area (Å²) < 4.78 is 5.46. The van der Waals surface area contributed by atoms with E-state index in [2.05, 4.69) is 26.0 Å². The summed E-state index contributed by atoms with van der Waals surface area (Å²) in [5, 5.41) is 1.27. The van der Waals surface area contributed by atoms with E-state index in [1.165, 1.54) is 5.30 Å². The van der Waals surface area contributed by atoms with Gasteiger partial charge in [-0.15, -0.1) is 0 Å². The zero-order chi connectivity index (χ0) is 8.10. The largest absolute Gasteiger partial charge is 0.355 e. The van der Waals surface area contributed by atoms with Gasteiger partial charge in [0.15, 0.2) is 0 Å². The molecule has 0 bridgehead atoms. The molecular weight excluding hydrogens is 155 g/mol. The van der Waals surface area contributed by atoms with Gasteiger partial charge in [-0.2, -0.15) is 0 Å². The standard InChI is InChI=1S/C9H13OP/c1-8(2)10-11-9-6-4-3-5-7-9/h3-8,11H,1-2H3. The van der Waals surface area contributed by atoms with Crippen molar-refractivity contribution in [1.82, 2.24) is 0 Å². The molecule has 0 amide bonds. The molecule has 1 aromatic rings. The van der Waals surface area contributed by atoms with Crippen LogP contribution in [0.1, 0.15) is 13.8 Å². The molecule has 0 aromatic heterocycles. The first-order valence-corrected chi connectivity index (χ1v) is 4.66. The molecule has 0 N–H and O–H groups in total. The van der Waals surface area contributed by atoms with Gasteiger partial charge in [-0.3, -0.25) is 0 Å². The summed E-state index contributed by atoms with van der Waals surface area (Å²) in [7, 11) is 0.485. The quantitative estimate of drug-likeness (QED) is 0.629. The van der Waals surface area contributed by atoms with E-state index in [-0.39, 0.29) is 0 Å². The van der Waals surface area contributed by atoms with Crippen LogP contribution in [-0.2, 0) is 4.52 Å². The molecule has 0 saturated heterocycles. The Morgan fingerprint density at radius 1 is 1.18 bits per heavy atom. The first kappa shape index (κ1) is 8.70. The van der Waals surface area contributed by atoms with Crippen LogP contribution in [0.3, 0.4) is 0 Å². The summed E-state index contributed by atoms with van der Waals surface area (Å²) in [6, 6.07) is 10.3. The van der Waals surface area contributed by atoms with Crippen molar-refractivity contribution in [2.24, 2.45) is 0 Å². The van der Waals surface area contributed by atoms with Gasteiger partial charge >= 0.3 is 0 Å². The van der Waals surface area contributed by atoms with Crippen molar-refractivity contribution in [1.29, 1.82) is 0 Å². The Bertz CT molecular complexity index is 196. The fraction of sp³-hybridized carbons (Fsp3) is 0.333. The van der Waals surface area contributed by atoms with E-state index in [1.807, 2.05) is 18.2 Å². The number of rotatable bonds is 3. The van der Waals surface area contributed by atoms with Crippen LogP contribution in [-0.4, -0.2) is 6.10 Å². The Balaban J connectivity index is 2.39. The minimum Gasteiger partial charge on any atom is -0.355 e. The smallest absolute Gasteiger partial charge is 0.0562 e. The lowest BCUT2D eigenvalue weighted by Crippen LogP contribution is -1.99. The average molecular weight is 168 g/mol. The summed E-state index contributed by atoms with van der Waals surface area (Å²) in [4.78, 5) is 0.